The van der Waals surface area contributed by atoms with Crippen LogP contribution in [-0.4, -0.2) is 58.6 Å². The molecule has 0 spiro atoms. The number of nitrogens with zero attached hydrogens (tertiary/aromatic N) is 4. The van der Waals surface area contributed by atoms with Crippen LogP contribution in [-0.2, 0) is 12.6 Å². The highest BCUT2D eigenvalue weighted by atomic mass is 19.4. The van der Waals surface area contributed by atoms with E-state index in [2.05, 4.69) is 15.4 Å². The van der Waals surface area contributed by atoms with Gasteiger partial charge in [0.1, 0.15) is 6.61 Å². The van der Waals surface area contributed by atoms with Gasteiger partial charge in [-0.2, -0.15) is 18.3 Å². The number of benzene rings is 1. The molecule has 0 radical (unpaired) electrons. The number of ether oxygens (including phenoxy) is 1. The molecule has 9 nitrogen and oxygen atoms in total. The monoisotopic (exact) mass is 530 g/mol. The number of Topliss-reactive ketones (excluding diaryl/α,β-unsaturated/α-hetero) is 1. The number of aromatic nitrogens is 3. The van der Waals surface area contributed by atoms with Gasteiger partial charge in [-0.1, -0.05) is 13.8 Å². The van der Waals surface area contributed by atoms with Crippen molar-refractivity contribution < 1.29 is 27.5 Å². The minimum Gasteiger partial charge on any atom is -0.476 e. The normalized spacial score (nSPS) is 14.9. The first-order valence-corrected chi connectivity index (χ1v) is 11.9. The van der Waals surface area contributed by atoms with Gasteiger partial charge in [-0.15, -0.1) is 0 Å². The van der Waals surface area contributed by atoms with Gasteiger partial charge in [0.15, 0.2) is 11.5 Å². The van der Waals surface area contributed by atoms with Crippen LogP contribution in [0, 0.1) is 5.41 Å². The smallest absolute Gasteiger partial charge is 0.435 e. The summed E-state index contributed by atoms with van der Waals surface area (Å²) in [5, 5.41) is 6.91. The van der Waals surface area contributed by atoms with Gasteiger partial charge in [-0.05, 0) is 50.2 Å². The van der Waals surface area contributed by atoms with Gasteiger partial charge in [-0.25, -0.2) is 9.67 Å². The maximum Gasteiger partial charge on any atom is 0.435 e. The Hall–Kier alpha value is -3.93. The summed E-state index contributed by atoms with van der Waals surface area (Å²) in [6, 6.07) is 7.62. The number of anilines is 2. The molecule has 0 bridgehead atoms. The van der Waals surface area contributed by atoms with Crippen LogP contribution < -0.4 is 15.8 Å². The number of ketones is 1. The number of carbonyl (C=O) groups is 2. The second-order valence-corrected chi connectivity index (χ2v) is 10.3. The van der Waals surface area contributed by atoms with Crippen LogP contribution in [0.3, 0.4) is 0 Å². The van der Waals surface area contributed by atoms with Gasteiger partial charge >= 0.3 is 6.18 Å². The lowest BCUT2D eigenvalue weighted by Crippen LogP contribution is -2.29. The molecular formula is C26H29F3N6O3. The lowest BCUT2D eigenvalue weighted by atomic mass is 9.75. The molecule has 1 aliphatic carbocycles. The number of hydrogen-bond acceptors (Lipinski definition) is 7. The number of amides is 1. The zero-order chi connectivity index (χ0) is 27.8. The molecule has 202 valence electrons. The molecule has 1 aromatic carbocycles. The standard InChI is InChI=1S/C26H29F3N6O3/c1-25(2)13-19-22(20(36)14-25)23(26(27,28)29)33-35(19)16-5-6-17(24(30)37)18(12-16)32-15-7-8-31-21(11-15)38-10-9-34(3)4/h5-8,11-12H,9-10,13-14H2,1-4H3,(H2,30,37)(H,31,32). The largest absolute Gasteiger partial charge is 0.476 e. The number of carbonyl (C=O) groups excluding carboxylic acids is 2. The Morgan fingerprint density at radius 3 is 2.61 bits per heavy atom. The van der Waals surface area contributed by atoms with E-state index in [0.717, 1.165) is 4.68 Å². The third-order valence-corrected chi connectivity index (χ3v) is 6.13. The molecule has 3 N–H and O–H groups in total. The summed E-state index contributed by atoms with van der Waals surface area (Å²) in [6.07, 6.45) is -3.08. The molecule has 4 rings (SSSR count). The second kappa shape index (κ2) is 10.1. The molecule has 12 heteroatoms. The third kappa shape index (κ3) is 5.80. The Balaban J connectivity index is 1.76. The number of halogens is 3. The van der Waals surface area contributed by atoms with E-state index >= 15 is 0 Å². The number of hydrogen-bond donors (Lipinski definition) is 2. The molecule has 2 aromatic heterocycles. The van der Waals surface area contributed by atoms with Gasteiger partial charge in [-0.3, -0.25) is 9.59 Å². The van der Waals surface area contributed by atoms with Crippen LogP contribution in [0.5, 0.6) is 5.88 Å². The summed E-state index contributed by atoms with van der Waals surface area (Å²) in [5.74, 6) is -0.976. The maximum absolute atomic E-state index is 13.9. The van der Waals surface area contributed by atoms with Crippen molar-refractivity contribution >= 4 is 23.1 Å². The number of primary amides is 1. The van der Waals surface area contributed by atoms with Gasteiger partial charge in [0.2, 0.25) is 5.88 Å². The fraction of sp³-hybridized carbons (Fsp3) is 0.385. The van der Waals surface area contributed by atoms with E-state index < -0.39 is 34.5 Å². The molecule has 0 atom stereocenters. The van der Waals surface area contributed by atoms with Crippen molar-refractivity contribution in [1.82, 2.24) is 19.7 Å². The summed E-state index contributed by atoms with van der Waals surface area (Å²) in [5.41, 5.74) is 4.72. The molecule has 0 unspecified atom stereocenters. The van der Waals surface area contributed by atoms with Crippen LogP contribution in [0.4, 0.5) is 24.5 Å². The van der Waals surface area contributed by atoms with Crippen LogP contribution >= 0.6 is 0 Å². The summed E-state index contributed by atoms with van der Waals surface area (Å²) in [7, 11) is 3.83. The number of pyridine rings is 1. The van der Waals surface area contributed by atoms with Gasteiger partial charge in [0, 0.05) is 30.9 Å². The summed E-state index contributed by atoms with van der Waals surface area (Å²) >= 11 is 0. The minimum atomic E-state index is -4.80. The van der Waals surface area contributed by atoms with Crippen LogP contribution in [0.15, 0.2) is 36.5 Å². The van der Waals surface area contributed by atoms with E-state index in [1.165, 1.54) is 24.4 Å². The molecular weight excluding hydrogens is 501 g/mol. The van der Waals surface area contributed by atoms with Crippen molar-refractivity contribution in [3.8, 4) is 11.6 Å². The van der Waals surface area contributed by atoms with Crippen molar-refractivity contribution in [2.45, 2.75) is 32.9 Å². The van der Waals surface area contributed by atoms with E-state index in [0.29, 0.717) is 24.7 Å². The third-order valence-electron chi connectivity index (χ3n) is 6.13. The van der Waals surface area contributed by atoms with E-state index in [1.54, 1.807) is 12.1 Å². The highest BCUT2D eigenvalue weighted by Gasteiger charge is 2.45. The first kappa shape index (κ1) is 27.1. The molecule has 0 saturated carbocycles. The number of nitrogens with two attached hydrogens (primary N) is 1. The van der Waals surface area contributed by atoms with E-state index in [9.17, 15) is 22.8 Å². The maximum atomic E-state index is 13.9. The Morgan fingerprint density at radius 1 is 1.21 bits per heavy atom. The minimum absolute atomic E-state index is 0.0107. The van der Waals surface area contributed by atoms with Gasteiger partial charge in [0.05, 0.1) is 28.2 Å². The number of rotatable bonds is 8. The molecule has 2 heterocycles. The average molecular weight is 531 g/mol. The predicted molar refractivity (Wildman–Crippen MR) is 135 cm³/mol. The molecule has 1 amide bonds. The molecule has 0 aliphatic heterocycles. The fourth-order valence-electron chi connectivity index (χ4n) is 4.40. The van der Waals surface area contributed by atoms with Crippen molar-refractivity contribution in [2.24, 2.45) is 11.1 Å². The Morgan fingerprint density at radius 2 is 1.95 bits per heavy atom. The first-order chi connectivity index (χ1) is 17.7. The molecule has 3 aromatic rings. The van der Waals surface area contributed by atoms with Gasteiger partial charge < -0.3 is 20.7 Å². The summed E-state index contributed by atoms with van der Waals surface area (Å²) in [4.78, 5) is 31.0. The summed E-state index contributed by atoms with van der Waals surface area (Å²) in [6.45, 7) is 4.74. The SMILES string of the molecule is CN(C)CCOc1cc(Nc2cc(-n3nc(C(F)(F)F)c4c3CC(C)(C)CC4=O)ccc2C(N)=O)ccn1. The zero-order valence-electron chi connectivity index (χ0n) is 21.5. The van der Waals surface area contributed by atoms with Crippen molar-refractivity contribution in [3.05, 3.63) is 59.0 Å². The first-order valence-electron chi connectivity index (χ1n) is 11.9. The van der Waals surface area contributed by atoms with Crippen molar-refractivity contribution in [3.63, 3.8) is 0 Å². The predicted octanol–water partition coefficient (Wildman–Crippen LogP) is 4.22. The summed E-state index contributed by atoms with van der Waals surface area (Å²) < 4.78 is 48.4. The van der Waals surface area contributed by atoms with Gasteiger partial charge in [0.25, 0.3) is 5.91 Å². The highest BCUT2D eigenvalue weighted by Crippen LogP contribution is 2.42. The Kier molecular flexibility index (Phi) is 7.20. The van der Waals surface area contributed by atoms with Crippen molar-refractivity contribution in [1.29, 1.82) is 0 Å². The van der Waals surface area contributed by atoms with Crippen molar-refractivity contribution in [2.75, 3.05) is 32.6 Å². The number of likely N-dealkylation sites (N-methyl/N-ethyl adjacent to an activating group) is 1. The average Bonchev–Trinajstić information content (AvgIpc) is 3.18. The number of alkyl halides is 3. The molecule has 38 heavy (non-hydrogen) atoms. The second-order valence-electron chi connectivity index (χ2n) is 10.3. The van der Waals surface area contributed by atoms with E-state index in [4.69, 9.17) is 10.5 Å². The molecule has 1 aliphatic rings. The zero-order valence-corrected chi connectivity index (χ0v) is 21.5. The number of fused-ring (bicyclic) bond motifs is 1. The lowest BCUT2D eigenvalue weighted by Gasteiger charge is -2.29. The Bertz CT molecular complexity index is 1380. The fourth-order valence-corrected chi connectivity index (χ4v) is 4.40. The van der Waals surface area contributed by atoms with Crippen LogP contribution in [0.2, 0.25) is 0 Å². The molecule has 0 fully saturated rings. The van der Waals surface area contributed by atoms with Crippen LogP contribution in [0.1, 0.15) is 52.4 Å². The van der Waals surface area contributed by atoms with E-state index in [-0.39, 0.29) is 35.5 Å². The van der Waals surface area contributed by atoms with Crippen LogP contribution in [0.25, 0.3) is 5.69 Å². The number of nitrogens with one attached hydrogen (secondary N) is 1. The Labute approximate surface area is 217 Å². The van der Waals surface area contributed by atoms with E-state index in [1.807, 2.05) is 32.8 Å². The topological polar surface area (TPSA) is 115 Å². The highest BCUT2D eigenvalue weighted by molar-refractivity contribution is 6.01. The quantitative estimate of drug-likeness (QED) is 0.448. The lowest BCUT2D eigenvalue weighted by molar-refractivity contribution is -0.141. The molecule has 0 saturated heterocycles.